The van der Waals surface area contributed by atoms with E-state index in [-0.39, 0.29) is 12.2 Å². The van der Waals surface area contributed by atoms with Gasteiger partial charge in [0.25, 0.3) is 0 Å². The molecule has 0 atom stereocenters. The first-order valence-electron chi connectivity index (χ1n) is 2.86. The summed E-state index contributed by atoms with van der Waals surface area (Å²) in [6.45, 7) is 0. The largest absolute Gasteiger partial charge is 0.358 e. The van der Waals surface area contributed by atoms with E-state index < -0.39 is 4.92 Å². The molecule has 11 heavy (non-hydrogen) atoms. The van der Waals surface area contributed by atoms with Crippen molar-refractivity contribution in [3.05, 3.63) is 21.9 Å². The molecule has 1 aromatic heterocycles. The fourth-order valence-corrected chi connectivity index (χ4v) is 0.635. The average Bonchev–Trinajstić information content (AvgIpc) is 2.37. The number of aldehydes is 1. The van der Waals surface area contributed by atoms with Gasteiger partial charge in [-0.2, -0.15) is 0 Å². The monoisotopic (exact) mass is 155 g/mol. The summed E-state index contributed by atoms with van der Waals surface area (Å²) in [4.78, 5) is 19.4. The fraction of sp³-hybridized carbons (Fsp3) is 0.200. The van der Waals surface area contributed by atoms with E-state index in [0.29, 0.717) is 12.0 Å². The maximum Gasteiger partial charge on any atom is 0.342 e. The Balaban J connectivity index is 2.81. The second kappa shape index (κ2) is 2.91. The number of nitrogens with zero attached hydrogens (tertiary/aromatic N) is 2. The Hall–Kier alpha value is -1.72. The maximum absolute atomic E-state index is 10.1. The van der Waals surface area contributed by atoms with Crippen LogP contribution in [0.25, 0.3) is 0 Å². The first-order chi connectivity index (χ1) is 5.24. The first kappa shape index (κ1) is 7.39. The zero-order chi connectivity index (χ0) is 8.27. The lowest BCUT2D eigenvalue weighted by Gasteiger charge is -1.83. The van der Waals surface area contributed by atoms with Crippen LogP contribution in [0.4, 0.5) is 5.82 Å². The molecule has 0 unspecified atom stereocenters. The Morgan fingerprint density at radius 2 is 2.55 bits per heavy atom. The molecular weight excluding hydrogens is 150 g/mol. The van der Waals surface area contributed by atoms with Crippen molar-refractivity contribution in [1.29, 1.82) is 0 Å². The normalized spacial score (nSPS) is 9.45. The molecule has 0 fully saturated rings. The van der Waals surface area contributed by atoms with E-state index in [1.54, 1.807) is 0 Å². The Kier molecular flexibility index (Phi) is 1.95. The number of hydrogen-bond donors (Lipinski definition) is 1. The van der Waals surface area contributed by atoms with Crippen molar-refractivity contribution in [3.63, 3.8) is 0 Å². The molecule has 1 aromatic rings. The highest BCUT2D eigenvalue weighted by Gasteiger charge is 2.07. The third kappa shape index (κ3) is 1.60. The van der Waals surface area contributed by atoms with Gasteiger partial charge in [0.05, 0.1) is 11.8 Å². The number of aromatic amines is 1. The van der Waals surface area contributed by atoms with Crippen LogP contribution in [-0.2, 0) is 11.2 Å². The highest BCUT2D eigenvalue weighted by molar-refractivity contribution is 5.54. The summed E-state index contributed by atoms with van der Waals surface area (Å²) in [5, 5.41) is 15.8. The second-order valence-electron chi connectivity index (χ2n) is 1.87. The van der Waals surface area contributed by atoms with Crippen LogP contribution in [0.5, 0.6) is 0 Å². The summed E-state index contributed by atoms with van der Waals surface area (Å²) >= 11 is 0. The third-order valence-electron chi connectivity index (χ3n) is 1.11. The van der Waals surface area contributed by atoms with Crippen LogP contribution in [0.1, 0.15) is 5.69 Å². The van der Waals surface area contributed by atoms with Gasteiger partial charge in [-0.1, -0.05) is 5.10 Å². The molecule has 0 saturated carbocycles. The molecule has 0 amide bonds. The number of nitrogens with one attached hydrogen (secondary N) is 1. The standard InChI is InChI=1S/C5H5N3O3/c9-2-1-4-3-5(7-6-4)8(10)11/h2-3H,1H2,(H,6,7). The van der Waals surface area contributed by atoms with Gasteiger partial charge in [0, 0.05) is 6.42 Å². The molecule has 1 rings (SSSR count). The van der Waals surface area contributed by atoms with E-state index in [1.165, 1.54) is 6.07 Å². The minimum Gasteiger partial charge on any atom is -0.358 e. The van der Waals surface area contributed by atoms with E-state index >= 15 is 0 Å². The van der Waals surface area contributed by atoms with Crippen LogP contribution in [0, 0.1) is 10.1 Å². The lowest BCUT2D eigenvalue weighted by molar-refractivity contribution is -0.389. The van der Waals surface area contributed by atoms with Gasteiger partial charge < -0.3 is 14.9 Å². The van der Waals surface area contributed by atoms with Gasteiger partial charge >= 0.3 is 5.82 Å². The molecule has 6 heteroatoms. The Labute approximate surface area is 61.4 Å². The van der Waals surface area contributed by atoms with Crippen LogP contribution in [0.2, 0.25) is 0 Å². The number of hydrogen-bond acceptors (Lipinski definition) is 4. The summed E-state index contributed by atoms with van der Waals surface area (Å²) in [5.74, 6) is -0.193. The van der Waals surface area contributed by atoms with Crippen molar-refractivity contribution in [1.82, 2.24) is 10.2 Å². The number of rotatable bonds is 3. The van der Waals surface area contributed by atoms with E-state index in [9.17, 15) is 14.9 Å². The van der Waals surface area contributed by atoms with Gasteiger partial charge in [-0.25, -0.2) is 0 Å². The average molecular weight is 155 g/mol. The third-order valence-corrected chi connectivity index (χ3v) is 1.11. The quantitative estimate of drug-likeness (QED) is 0.379. The molecule has 1 heterocycles. The highest BCUT2D eigenvalue weighted by Crippen LogP contribution is 2.06. The van der Waals surface area contributed by atoms with E-state index in [0.717, 1.165) is 0 Å². The van der Waals surface area contributed by atoms with Crippen LogP contribution < -0.4 is 0 Å². The zero-order valence-corrected chi connectivity index (χ0v) is 5.48. The van der Waals surface area contributed by atoms with Crippen LogP contribution in [-0.4, -0.2) is 21.4 Å². The second-order valence-corrected chi connectivity index (χ2v) is 1.87. The van der Waals surface area contributed by atoms with Crippen molar-refractivity contribution in [3.8, 4) is 0 Å². The molecule has 0 aliphatic heterocycles. The molecule has 0 bridgehead atoms. The molecular formula is C5H5N3O3. The smallest absolute Gasteiger partial charge is 0.342 e. The number of nitro groups is 1. The Bertz CT molecular complexity index is 280. The number of aromatic nitrogens is 2. The van der Waals surface area contributed by atoms with E-state index in [4.69, 9.17) is 0 Å². The molecule has 0 saturated heterocycles. The predicted molar refractivity (Wildman–Crippen MR) is 35.0 cm³/mol. The van der Waals surface area contributed by atoms with Crippen molar-refractivity contribution in [2.45, 2.75) is 6.42 Å². The summed E-state index contributed by atoms with van der Waals surface area (Å²) in [6, 6.07) is 1.23. The number of H-pyrrole nitrogens is 1. The van der Waals surface area contributed by atoms with E-state index in [2.05, 4.69) is 10.2 Å². The summed E-state index contributed by atoms with van der Waals surface area (Å²) < 4.78 is 0. The molecule has 58 valence electrons. The predicted octanol–water partition coefficient (Wildman–Crippen LogP) is 0.0593. The maximum atomic E-state index is 10.1. The molecule has 0 spiro atoms. The van der Waals surface area contributed by atoms with Crippen molar-refractivity contribution in [2.75, 3.05) is 0 Å². The molecule has 0 aliphatic rings. The molecule has 0 aliphatic carbocycles. The minimum atomic E-state index is -0.596. The Morgan fingerprint density at radius 1 is 1.82 bits per heavy atom. The summed E-state index contributed by atoms with van der Waals surface area (Å²) in [7, 11) is 0. The van der Waals surface area contributed by atoms with Crippen molar-refractivity contribution >= 4 is 12.1 Å². The van der Waals surface area contributed by atoms with Gasteiger partial charge in [-0.15, -0.1) is 5.10 Å². The SMILES string of the molecule is O=CCc1cc([N+](=O)[O-])[nH]n1. The topological polar surface area (TPSA) is 88.9 Å². The summed E-state index contributed by atoms with van der Waals surface area (Å²) in [5.41, 5.74) is 0.381. The molecule has 6 nitrogen and oxygen atoms in total. The highest BCUT2D eigenvalue weighted by atomic mass is 16.6. The zero-order valence-electron chi connectivity index (χ0n) is 5.48. The number of carbonyl (C=O) groups excluding carboxylic acids is 1. The van der Waals surface area contributed by atoms with Gasteiger partial charge in [-0.05, 0) is 4.92 Å². The molecule has 0 radical (unpaired) electrons. The van der Waals surface area contributed by atoms with Gasteiger partial charge in [0.2, 0.25) is 0 Å². The molecule has 1 N–H and O–H groups in total. The van der Waals surface area contributed by atoms with Gasteiger partial charge in [0.1, 0.15) is 6.29 Å². The van der Waals surface area contributed by atoms with Crippen LogP contribution >= 0.6 is 0 Å². The van der Waals surface area contributed by atoms with Crippen LogP contribution in [0.15, 0.2) is 6.07 Å². The molecule has 0 aromatic carbocycles. The number of carbonyl (C=O) groups is 1. The Morgan fingerprint density at radius 3 is 3.00 bits per heavy atom. The fourth-order valence-electron chi connectivity index (χ4n) is 0.635. The van der Waals surface area contributed by atoms with Crippen molar-refractivity contribution in [2.24, 2.45) is 0 Å². The lowest BCUT2D eigenvalue weighted by Crippen LogP contribution is -1.86. The van der Waals surface area contributed by atoms with Crippen molar-refractivity contribution < 1.29 is 9.72 Å². The minimum absolute atomic E-state index is 0.102. The van der Waals surface area contributed by atoms with E-state index in [1.807, 2.05) is 0 Å². The lowest BCUT2D eigenvalue weighted by atomic mass is 10.3. The summed E-state index contributed by atoms with van der Waals surface area (Å²) in [6.07, 6.45) is 0.740. The van der Waals surface area contributed by atoms with Gasteiger partial charge in [0.15, 0.2) is 0 Å². The first-order valence-corrected chi connectivity index (χ1v) is 2.86. The van der Waals surface area contributed by atoms with Gasteiger partial charge in [-0.3, -0.25) is 0 Å². The van der Waals surface area contributed by atoms with Crippen LogP contribution in [0.3, 0.4) is 0 Å².